The lowest BCUT2D eigenvalue weighted by Gasteiger charge is -2.25. The minimum absolute atomic E-state index is 0.125. The predicted octanol–water partition coefficient (Wildman–Crippen LogP) is 3.35. The van der Waals surface area contributed by atoms with E-state index in [1.54, 1.807) is 29.2 Å². The molecule has 0 unspecified atom stereocenters. The van der Waals surface area contributed by atoms with Gasteiger partial charge in [0.15, 0.2) is 0 Å². The van der Waals surface area contributed by atoms with Crippen LogP contribution in [0.5, 0.6) is 0 Å². The summed E-state index contributed by atoms with van der Waals surface area (Å²) >= 11 is 0. The fourth-order valence-corrected chi connectivity index (χ4v) is 2.82. The number of amides is 2. The fraction of sp³-hybridized carbons (Fsp3) is 0.300. The predicted molar refractivity (Wildman–Crippen MR) is 96.9 cm³/mol. The summed E-state index contributed by atoms with van der Waals surface area (Å²) in [5.41, 5.74) is 2.33. The van der Waals surface area contributed by atoms with Gasteiger partial charge in [-0.05, 0) is 29.8 Å². The van der Waals surface area contributed by atoms with Gasteiger partial charge in [0.25, 0.3) is 5.91 Å². The maximum Gasteiger partial charge on any atom is 0.414 e. The van der Waals surface area contributed by atoms with Gasteiger partial charge in [-0.15, -0.1) is 0 Å². The Hall–Kier alpha value is -2.82. The van der Waals surface area contributed by atoms with Gasteiger partial charge in [-0.3, -0.25) is 9.69 Å². The third kappa shape index (κ3) is 3.82. The van der Waals surface area contributed by atoms with Crippen molar-refractivity contribution >= 4 is 17.7 Å². The SMILES string of the molecule is CC(C)(CNC(=O)c1ccc(N2CCOC2=O)cc1)c1ccccc1. The quantitative estimate of drug-likeness (QED) is 0.909. The third-order valence-corrected chi connectivity index (χ3v) is 4.45. The molecule has 1 heterocycles. The normalized spacial score (nSPS) is 14.3. The number of nitrogens with zero attached hydrogens (tertiary/aromatic N) is 1. The van der Waals surface area contributed by atoms with Crippen LogP contribution in [-0.4, -0.2) is 31.7 Å². The molecule has 0 atom stereocenters. The molecule has 0 saturated carbocycles. The third-order valence-electron chi connectivity index (χ3n) is 4.45. The van der Waals surface area contributed by atoms with E-state index in [-0.39, 0.29) is 17.4 Å². The monoisotopic (exact) mass is 338 g/mol. The van der Waals surface area contributed by atoms with Crippen LogP contribution in [0.3, 0.4) is 0 Å². The zero-order chi connectivity index (χ0) is 17.9. The standard InChI is InChI=1S/C20H22N2O3/c1-20(2,16-6-4-3-5-7-16)14-21-18(23)15-8-10-17(11-9-15)22-12-13-25-19(22)24/h3-11H,12-14H2,1-2H3,(H,21,23). The fourth-order valence-electron chi connectivity index (χ4n) is 2.82. The van der Waals surface area contributed by atoms with Crippen LogP contribution in [-0.2, 0) is 10.2 Å². The Morgan fingerprint density at radius 2 is 1.80 bits per heavy atom. The molecule has 0 spiro atoms. The molecule has 1 N–H and O–H groups in total. The van der Waals surface area contributed by atoms with Gasteiger partial charge >= 0.3 is 6.09 Å². The minimum Gasteiger partial charge on any atom is -0.447 e. The summed E-state index contributed by atoms with van der Waals surface area (Å²) in [5, 5.41) is 2.99. The van der Waals surface area contributed by atoms with E-state index < -0.39 is 0 Å². The van der Waals surface area contributed by atoms with Crippen molar-refractivity contribution < 1.29 is 14.3 Å². The summed E-state index contributed by atoms with van der Waals surface area (Å²) in [6.45, 7) is 5.68. The van der Waals surface area contributed by atoms with E-state index >= 15 is 0 Å². The molecular formula is C20H22N2O3. The molecule has 2 amide bonds. The molecule has 5 nitrogen and oxygen atoms in total. The Labute approximate surface area is 147 Å². The van der Waals surface area contributed by atoms with Crippen molar-refractivity contribution in [3.63, 3.8) is 0 Å². The number of anilines is 1. The first-order valence-electron chi connectivity index (χ1n) is 8.35. The molecule has 2 aromatic carbocycles. The summed E-state index contributed by atoms with van der Waals surface area (Å²) in [5.74, 6) is -0.125. The van der Waals surface area contributed by atoms with E-state index in [4.69, 9.17) is 4.74 Å². The molecule has 0 aliphatic carbocycles. The maximum absolute atomic E-state index is 12.4. The topological polar surface area (TPSA) is 58.6 Å². The molecule has 130 valence electrons. The highest BCUT2D eigenvalue weighted by Gasteiger charge is 2.24. The molecule has 1 aliphatic rings. The van der Waals surface area contributed by atoms with Crippen molar-refractivity contribution in [2.45, 2.75) is 19.3 Å². The van der Waals surface area contributed by atoms with Crippen LogP contribution < -0.4 is 10.2 Å². The molecule has 0 aromatic heterocycles. The smallest absolute Gasteiger partial charge is 0.414 e. The van der Waals surface area contributed by atoms with Gasteiger partial charge in [0.1, 0.15) is 6.61 Å². The first kappa shape index (κ1) is 17.0. The van der Waals surface area contributed by atoms with Gasteiger partial charge in [-0.25, -0.2) is 4.79 Å². The number of benzene rings is 2. The first-order chi connectivity index (χ1) is 12.0. The van der Waals surface area contributed by atoms with Crippen LogP contribution in [0.25, 0.3) is 0 Å². The Kier molecular flexibility index (Phi) is 4.74. The zero-order valence-electron chi connectivity index (χ0n) is 14.5. The number of hydrogen-bond acceptors (Lipinski definition) is 3. The van der Waals surface area contributed by atoms with Gasteiger partial charge in [-0.1, -0.05) is 44.2 Å². The minimum atomic E-state index is -0.346. The van der Waals surface area contributed by atoms with Gasteiger partial charge in [-0.2, -0.15) is 0 Å². The van der Waals surface area contributed by atoms with Gasteiger partial charge in [0.2, 0.25) is 0 Å². The first-order valence-corrected chi connectivity index (χ1v) is 8.35. The van der Waals surface area contributed by atoms with Crippen LogP contribution in [0.1, 0.15) is 29.8 Å². The van der Waals surface area contributed by atoms with Crippen LogP contribution in [0.15, 0.2) is 54.6 Å². The highest BCUT2D eigenvalue weighted by molar-refractivity contribution is 5.95. The van der Waals surface area contributed by atoms with Crippen LogP contribution in [0, 0.1) is 0 Å². The van der Waals surface area contributed by atoms with Gasteiger partial charge < -0.3 is 10.1 Å². The lowest BCUT2D eigenvalue weighted by atomic mass is 9.84. The molecule has 0 bridgehead atoms. The maximum atomic E-state index is 12.4. The number of ether oxygens (including phenoxy) is 1. The van der Waals surface area contributed by atoms with Crippen molar-refractivity contribution in [1.29, 1.82) is 0 Å². The number of hydrogen-bond donors (Lipinski definition) is 1. The Bertz CT molecular complexity index is 754. The summed E-state index contributed by atoms with van der Waals surface area (Å²) in [7, 11) is 0. The number of rotatable bonds is 5. The largest absolute Gasteiger partial charge is 0.447 e. The molecule has 1 aliphatic heterocycles. The number of carbonyl (C=O) groups is 2. The molecule has 3 rings (SSSR count). The molecule has 25 heavy (non-hydrogen) atoms. The molecule has 2 aromatic rings. The molecule has 0 radical (unpaired) electrons. The Morgan fingerprint density at radius 1 is 1.12 bits per heavy atom. The number of carbonyl (C=O) groups excluding carboxylic acids is 2. The summed E-state index contributed by atoms with van der Waals surface area (Å²) in [6, 6.07) is 17.1. The van der Waals surface area contributed by atoms with E-state index in [1.165, 1.54) is 5.56 Å². The number of nitrogens with one attached hydrogen (secondary N) is 1. The average Bonchev–Trinajstić information content (AvgIpc) is 3.06. The molecular weight excluding hydrogens is 316 g/mol. The Morgan fingerprint density at radius 3 is 2.40 bits per heavy atom. The second-order valence-electron chi connectivity index (χ2n) is 6.75. The van der Waals surface area contributed by atoms with E-state index in [1.807, 2.05) is 18.2 Å². The summed E-state index contributed by atoms with van der Waals surface area (Å²) in [4.78, 5) is 25.5. The number of cyclic esters (lactones) is 1. The lowest BCUT2D eigenvalue weighted by Crippen LogP contribution is -2.36. The Balaban J connectivity index is 1.62. The van der Waals surface area contributed by atoms with Crippen molar-refractivity contribution in [3.05, 3.63) is 65.7 Å². The van der Waals surface area contributed by atoms with Crippen molar-refractivity contribution in [1.82, 2.24) is 5.32 Å². The van der Waals surface area contributed by atoms with Gasteiger partial charge in [0, 0.05) is 23.2 Å². The second-order valence-corrected chi connectivity index (χ2v) is 6.75. The van der Waals surface area contributed by atoms with E-state index in [0.717, 1.165) is 5.69 Å². The second kappa shape index (κ2) is 6.97. The molecule has 5 heteroatoms. The zero-order valence-corrected chi connectivity index (χ0v) is 14.5. The summed E-state index contributed by atoms with van der Waals surface area (Å²) < 4.78 is 4.92. The average molecular weight is 338 g/mol. The van der Waals surface area contributed by atoms with Crippen LogP contribution in [0.2, 0.25) is 0 Å². The van der Waals surface area contributed by atoms with Crippen LogP contribution >= 0.6 is 0 Å². The highest BCUT2D eigenvalue weighted by Crippen LogP contribution is 2.22. The molecule has 1 saturated heterocycles. The van der Waals surface area contributed by atoms with E-state index in [9.17, 15) is 9.59 Å². The van der Waals surface area contributed by atoms with Crippen molar-refractivity contribution in [3.8, 4) is 0 Å². The highest BCUT2D eigenvalue weighted by atomic mass is 16.6. The van der Waals surface area contributed by atoms with Crippen LogP contribution in [0.4, 0.5) is 10.5 Å². The summed E-state index contributed by atoms with van der Waals surface area (Å²) in [6.07, 6.45) is -0.346. The van der Waals surface area contributed by atoms with E-state index in [0.29, 0.717) is 25.3 Å². The van der Waals surface area contributed by atoms with Crippen molar-refractivity contribution in [2.75, 3.05) is 24.6 Å². The van der Waals surface area contributed by atoms with E-state index in [2.05, 4.69) is 31.3 Å². The molecule has 1 fully saturated rings. The van der Waals surface area contributed by atoms with Crippen molar-refractivity contribution in [2.24, 2.45) is 0 Å². The lowest BCUT2D eigenvalue weighted by molar-refractivity contribution is 0.0945. The van der Waals surface area contributed by atoms with Gasteiger partial charge in [0.05, 0.1) is 6.54 Å².